The van der Waals surface area contributed by atoms with Crippen molar-refractivity contribution in [2.75, 3.05) is 39.7 Å². The van der Waals surface area contributed by atoms with Gasteiger partial charge in [-0.1, -0.05) is 0 Å². The van der Waals surface area contributed by atoms with Crippen LogP contribution >= 0.6 is 0 Å². The fourth-order valence-corrected chi connectivity index (χ4v) is 5.35. The van der Waals surface area contributed by atoms with Gasteiger partial charge >= 0.3 is 0 Å². The molecule has 0 aromatic heterocycles. The van der Waals surface area contributed by atoms with Crippen molar-refractivity contribution in [3.05, 3.63) is 29.8 Å². The van der Waals surface area contributed by atoms with Crippen LogP contribution < -0.4 is 0 Å². The molecule has 1 aliphatic rings. The van der Waals surface area contributed by atoms with Gasteiger partial charge in [-0.25, -0.2) is 26.1 Å². The Bertz CT molecular complexity index is 846. The highest BCUT2D eigenvalue weighted by molar-refractivity contribution is 7.91. The van der Waals surface area contributed by atoms with Crippen molar-refractivity contribution in [2.45, 2.75) is 17.4 Å². The molecule has 1 aromatic carbocycles. The van der Waals surface area contributed by atoms with Crippen LogP contribution in [0.4, 0.5) is 0 Å². The number of sulfonamides is 1. The number of hydrazine groups is 1. The standard InChI is InChI=1S/C15H23N3O5S2/c1-16(2)18(13-9-10-24(20,21)11-13)15(19)12-5-7-14(8-6-12)25(22,23)17(3)4/h5-8,13H,9-11H2,1-4H3/t13-/m0/s1. The first-order valence-corrected chi connectivity index (χ1v) is 11.0. The molecule has 1 amide bonds. The first-order chi connectivity index (χ1) is 11.5. The Hall–Kier alpha value is -1.49. The van der Waals surface area contributed by atoms with E-state index in [0.29, 0.717) is 12.0 Å². The van der Waals surface area contributed by atoms with Crippen molar-refractivity contribution in [3.8, 4) is 0 Å². The normalized spacial score (nSPS) is 20.2. The average molecular weight is 389 g/mol. The molecule has 0 radical (unpaired) electrons. The van der Waals surface area contributed by atoms with Crippen LogP contribution in [0.15, 0.2) is 29.2 Å². The van der Waals surface area contributed by atoms with E-state index >= 15 is 0 Å². The fourth-order valence-electron chi connectivity index (χ4n) is 2.75. The Balaban J connectivity index is 2.29. The zero-order valence-corrected chi connectivity index (χ0v) is 16.3. The molecule has 10 heteroatoms. The molecule has 1 aromatic rings. The molecule has 0 spiro atoms. The van der Waals surface area contributed by atoms with E-state index in [2.05, 4.69) is 0 Å². The number of carbonyl (C=O) groups is 1. The monoisotopic (exact) mass is 389 g/mol. The maximum atomic E-state index is 12.8. The quantitative estimate of drug-likeness (QED) is 0.660. The largest absolute Gasteiger partial charge is 0.268 e. The molecule has 2 rings (SSSR count). The maximum absolute atomic E-state index is 12.8. The zero-order chi connectivity index (χ0) is 19.0. The Morgan fingerprint density at radius 3 is 2.04 bits per heavy atom. The van der Waals surface area contributed by atoms with E-state index in [1.165, 1.54) is 43.4 Å². The third kappa shape index (κ3) is 4.20. The first-order valence-electron chi connectivity index (χ1n) is 7.69. The molecule has 1 heterocycles. The predicted octanol–water partition coefficient (Wildman–Crippen LogP) is 0.0428. The average Bonchev–Trinajstić information content (AvgIpc) is 2.86. The van der Waals surface area contributed by atoms with Gasteiger partial charge in [0.25, 0.3) is 5.91 Å². The highest BCUT2D eigenvalue weighted by Gasteiger charge is 2.36. The summed E-state index contributed by atoms with van der Waals surface area (Å²) in [6, 6.07) is 5.22. The van der Waals surface area contributed by atoms with Crippen LogP contribution in [0.25, 0.3) is 0 Å². The maximum Gasteiger partial charge on any atom is 0.268 e. The topological polar surface area (TPSA) is 95.1 Å². The summed E-state index contributed by atoms with van der Waals surface area (Å²) >= 11 is 0. The van der Waals surface area contributed by atoms with Gasteiger partial charge in [0.15, 0.2) is 9.84 Å². The summed E-state index contributed by atoms with van der Waals surface area (Å²) in [5.41, 5.74) is 0.302. The van der Waals surface area contributed by atoms with Crippen LogP contribution in [0.1, 0.15) is 16.8 Å². The molecule has 140 valence electrons. The smallest absolute Gasteiger partial charge is 0.268 e. The van der Waals surface area contributed by atoms with Crippen molar-refractivity contribution in [3.63, 3.8) is 0 Å². The Labute approximate surface area is 149 Å². The number of nitrogens with zero attached hydrogens (tertiary/aromatic N) is 3. The van der Waals surface area contributed by atoms with E-state index < -0.39 is 25.9 Å². The van der Waals surface area contributed by atoms with Gasteiger partial charge in [-0.3, -0.25) is 9.80 Å². The molecule has 1 fully saturated rings. The summed E-state index contributed by atoms with van der Waals surface area (Å²) in [5, 5.41) is 2.98. The molecule has 0 bridgehead atoms. The number of benzene rings is 1. The summed E-state index contributed by atoms with van der Waals surface area (Å²) in [7, 11) is -0.484. The van der Waals surface area contributed by atoms with Crippen molar-refractivity contribution >= 4 is 25.8 Å². The number of hydrogen-bond donors (Lipinski definition) is 0. The van der Waals surface area contributed by atoms with E-state index in [1.807, 2.05) is 0 Å². The van der Waals surface area contributed by atoms with E-state index in [1.54, 1.807) is 19.1 Å². The molecular weight excluding hydrogens is 366 g/mol. The number of sulfone groups is 1. The van der Waals surface area contributed by atoms with Crippen molar-refractivity contribution in [1.29, 1.82) is 0 Å². The van der Waals surface area contributed by atoms with Gasteiger partial charge in [0, 0.05) is 33.8 Å². The molecule has 1 aliphatic heterocycles. The summed E-state index contributed by atoms with van der Waals surface area (Å²) in [5.74, 6) is -0.361. The lowest BCUT2D eigenvalue weighted by Gasteiger charge is -2.33. The number of hydrogen-bond acceptors (Lipinski definition) is 6. The van der Waals surface area contributed by atoms with Crippen LogP contribution in [-0.4, -0.2) is 82.8 Å². The van der Waals surface area contributed by atoms with Gasteiger partial charge in [0.2, 0.25) is 10.0 Å². The van der Waals surface area contributed by atoms with E-state index in [9.17, 15) is 21.6 Å². The predicted molar refractivity (Wildman–Crippen MR) is 94.2 cm³/mol. The van der Waals surface area contributed by atoms with Crippen molar-refractivity contribution < 1.29 is 21.6 Å². The third-order valence-corrected chi connectivity index (χ3v) is 7.65. The van der Waals surface area contributed by atoms with Crippen LogP contribution in [0.5, 0.6) is 0 Å². The lowest BCUT2D eigenvalue weighted by molar-refractivity contribution is 0.00100. The van der Waals surface area contributed by atoms with Gasteiger partial charge in [0.1, 0.15) is 0 Å². The molecule has 0 saturated carbocycles. The number of rotatable bonds is 5. The molecular formula is C15H23N3O5S2. The van der Waals surface area contributed by atoms with Gasteiger partial charge in [-0.15, -0.1) is 0 Å². The van der Waals surface area contributed by atoms with Crippen molar-refractivity contribution in [1.82, 2.24) is 14.3 Å². The molecule has 25 heavy (non-hydrogen) atoms. The van der Waals surface area contributed by atoms with Gasteiger partial charge < -0.3 is 0 Å². The second-order valence-corrected chi connectivity index (χ2v) is 10.7. The highest BCUT2D eigenvalue weighted by atomic mass is 32.2. The summed E-state index contributed by atoms with van der Waals surface area (Å²) in [6.07, 6.45) is 0.388. The minimum atomic E-state index is -3.57. The van der Waals surface area contributed by atoms with Gasteiger partial charge in [-0.2, -0.15) is 0 Å². The zero-order valence-electron chi connectivity index (χ0n) is 14.7. The second-order valence-electron chi connectivity index (χ2n) is 6.37. The van der Waals surface area contributed by atoms with E-state index in [4.69, 9.17) is 0 Å². The molecule has 8 nitrogen and oxygen atoms in total. The van der Waals surface area contributed by atoms with Gasteiger partial charge in [0.05, 0.1) is 22.4 Å². The van der Waals surface area contributed by atoms with Crippen LogP contribution in [0, 0.1) is 0 Å². The molecule has 1 atom stereocenters. The lowest BCUT2D eigenvalue weighted by atomic mass is 10.1. The van der Waals surface area contributed by atoms with E-state index in [-0.39, 0.29) is 22.3 Å². The second kappa shape index (κ2) is 7.02. The Morgan fingerprint density at radius 2 is 1.64 bits per heavy atom. The van der Waals surface area contributed by atoms with Crippen LogP contribution in [0.2, 0.25) is 0 Å². The number of carbonyl (C=O) groups excluding carboxylic acids is 1. The molecule has 0 aliphatic carbocycles. The van der Waals surface area contributed by atoms with Crippen LogP contribution in [-0.2, 0) is 19.9 Å². The first kappa shape index (κ1) is 19.8. The fraction of sp³-hybridized carbons (Fsp3) is 0.533. The minimum Gasteiger partial charge on any atom is -0.268 e. The highest BCUT2D eigenvalue weighted by Crippen LogP contribution is 2.22. The summed E-state index contributed by atoms with van der Waals surface area (Å²) in [4.78, 5) is 12.9. The third-order valence-electron chi connectivity index (χ3n) is 4.07. The molecule has 0 N–H and O–H groups in total. The lowest BCUT2D eigenvalue weighted by Crippen LogP contribution is -2.49. The Morgan fingerprint density at radius 1 is 1.08 bits per heavy atom. The van der Waals surface area contributed by atoms with Crippen LogP contribution in [0.3, 0.4) is 0 Å². The van der Waals surface area contributed by atoms with Crippen molar-refractivity contribution in [2.24, 2.45) is 0 Å². The summed E-state index contributed by atoms with van der Waals surface area (Å²) < 4.78 is 48.7. The van der Waals surface area contributed by atoms with Gasteiger partial charge in [-0.05, 0) is 30.7 Å². The molecule has 1 saturated heterocycles. The number of amides is 1. The molecule has 0 unspecified atom stereocenters. The summed E-state index contributed by atoms with van der Waals surface area (Å²) in [6.45, 7) is 0. The minimum absolute atomic E-state index is 0.0648. The SMILES string of the molecule is CN(C)N(C(=O)c1ccc(S(=O)(=O)N(C)C)cc1)[C@H]1CCS(=O)(=O)C1. The van der Waals surface area contributed by atoms with E-state index in [0.717, 1.165) is 4.31 Å². The Kier molecular flexibility index (Phi) is 5.57.